The zero-order valence-electron chi connectivity index (χ0n) is 20.4. The lowest BCUT2D eigenvalue weighted by Gasteiger charge is -2.29. The summed E-state index contributed by atoms with van der Waals surface area (Å²) in [5, 5.41) is 2.86. The lowest BCUT2D eigenvalue weighted by atomic mass is 10.1. The highest BCUT2D eigenvalue weighted by Gasteiger charge is 2.31. The van der Waals surface area contributed by atoms with Crippen LogP contribution in [0, 0.1) is 0 Å². The molecule has 34 heavy (non-hydrogen) atoms. The Bertz CT molecular complexity index is 1070. The van der Waals surface area contributed by atoms with Crippen LogP contribution < -0.4 is 19.1 Å². The Morgan fingerprint density at radius 2 is 1.68 bits per heavy atom. The molecule has 0 spiro atoms. The number of carbonyl (C=O) groups is 1. The molecule has 3 rings (SSSR count). The molecule has 1 atom stereocenters. The molecule has 1 saturated heterocycles. The van der Waals surface area contributed by atoms with E-state index < -0.39 is 22.0 Å². The van der Waals surface area contributed by atoms with Gasteiger partial charge in [0, 0.05) is 19.2 Å². The topological polar surface area (TPSA) is 88.2 Å². The van der Waals surface area contributed by atoms with Crippen molar-refractivity contribution in [1.82, 2.24) is 10.2 Å². The van der Waals surface area contributed by atoms with Crippen molar-refractivity contribution in [3.05, 3.63) is 53.6 Å². The number of carbonyl (C=O) groups excluding carboxylic acids is 1. The molecule has 8 nitrogen and oxygen atoms in total. The van der Waals surface area contributed by atoms with Gasteiger partial charge in [-0.3, -0.25) is 14.0 Å². The summed E-state index contributed by atoms with van der Waals surface area (Å²) in [5.74, 6) is 0.379. The van der Waals surface area contributed by atoms with Crippen molar-refractivity contribution in [2.24, 2.45) is 0 Å². The van der Waals surface area contributed by atoms with Crippen LogP contribution in [0.5, 0.6) is 11.5 Å². The predicted molar refractivity (Wildman–Crippen MR) is 134 cm³/mol. The standard InChI is InChI=1S/C25H35N3O5S/c1-19(28(34(4,30)31)23-16-22(32-2)12-13-24(23)33-3)25(29)26-17-20-8-10-21(11-9-20)18-27-14-6-5-7-15-27/h8-13,16,19H,5-7,14-15,17-18H2,1-4H3,(H,26,29)/t19-/m1/s1. The van der Waals surface area contributed by atoms with E-state index in [1.807, 2.05) is 12.1 Å². The maximum atomic E-state index is 13.0. The monoisotopic (exact) mass is 489 g/mol. The molecule has 1 aliphatic rings. The third kappa shape index (κ3) is 6.64. The zero-order chi connectivity index (χ0) is 24.7. The van der Waals surface area contributed by atoms with E-state index >= 15 is 0 Å². The summed E-state index contributed by atoms with van der Waals surface area (Å²) in [6.45, 7) is 5.08. The Hall–Kier alpha value is -2.78. The number of sulfonamides is 1. The summed E-state index contributed by atoms with van der Waals surface area (Å²) >= 11 is 0. The van der Waals surface area contributed by atoms with E-state index in [1.54, 1.807) is 25.1 Å². The summed E-state index contributed by atoms with van der Waals surface area (Å²) in [7, 11) is -0.850. The maximum absolute atomic E-state index is 13.0. The number of nitrogens with zero attached hydrogens (tertiary/aromatic N) is 2. The highest BCUT2D eigenvalue weighted by Crippen LogP contribution is 2.35. The van der Waals surface area contributed by atoms with Crippen molar-refractivity contribution in [2.75, 3.05) is 37.9 Å². The number of methoxy groups -OCH3 is 2. The molecule has 0 saturated carbocycles. The van der Waals surface area contributed by atoms with Gasteiger partial charge < -0.3 is 14.8 Å². The number of hydrogen-bond acceptors (Lipinski definition) is 6. The first kappa shape index (κ1) is 25.8. The van der Waals surface area contributed by atoms with Gasteiger partial charge in [-0.2, -0.15) is 0 Å². The Balaban J connectivity index is 1.68. The predicted octanol–water partition coefficient (Wildman–Crippen LogP) is 3.16. The second kappa shape index (κ2) is 11.6. The molecule has 0 bridgehead atoms. The highest BCUT2D eigenvalue weighted by molar-refractivity contribution is 7.92. The van der Waals surface area contributed by atoms with E-state index in [9.17, 15) is 13.2 Å². The van der Waals surface area contributed by atoms with Gasteiger partial charge >= 0.3 is 0 Å². The first-order chi connectivity index (χ1) is 16.2. The molecule has 1 N–H and O–H groups in total. The van der Waals surface area contributed by atoms with Crippen molar-refractivity contribution >= 4 is 21.6 Å². The summed E-state index contributed by atoms with van der Waals surface area (Å²) in [4.78, 5) is 15.4. The molecule has 1 amide bonds. The van der Waals surface area contributed by atoms with Crippen LogP contribution in [0.25, 0.3) is 0 Å². The largest absolute Gasteiger partial charge is 0.497 e. The first-order valence-corrected chi connectivity index (χ1v) is 13.4. The quantitative estimate of drug-likeness (QED) is 0.552. The number of likely N-dealkylation sites (tertiary alicyclic amines) is 1. The van der Waals surface area contributed by atoms with Gasteiger partial charge in [0.1, 0.15) is 17.5 Å². The number of ether oxygens (including phenoxy) is 2. The third-order valence-electron chi connectivity index (χ3n) is 6.06. The van der Waals surface area contributed by atoms with Crippen LogP contribution >= 0.6 is 0 Å². The molecule has 186 valence electrons. The minimum absolute atomic E-state index is 0.245. The van der Waals surface area contributed by atoms with E-state index in [1.165, 1.54) is 39.0 Å². The average Bonchev–Trinajstić information content (AvgIpc) is 2.83. The number of benzene rings is 2. The molecule has 0 aromatic heterocycles. The zero-order valence-corrected chi connectivity index (χ0v) is 21.2. The van der Waals surface area contributed by atoms with Gasteiger partial charge in [0.15, 0.2) is 0 Å². The fourth-order valence-electron chi connectivity index (χ4n) is 4.23. The summed E-state index contributed by atoms with van der Waals surface area (Å²) in [6, 6.07) is 12.0. The number of rotatable bonds is 10. The molecule has 1 aliphatic heterocycles. The van der Waals surface area contributed by atoms with E-state index in [4.69, 9.17) is 9.47 Å². The van der Waals surface area contributed by atoms with Crippen LogP contribution in [0.15, 0.2) is 42.5 Å². The SMILES string of the molecule is COc1ccc(OC)c(N([C@H](C)C(=O)NCc2ccc(CN3CCCCC3)cc2)S(C)(=O)=O)c1. The van der Waals surface area contributed by atoms with Gasteiger partial charge in [-0.15, -0.1) is 0 Å². The number of hydrogen-bond donors (Lipinski definition) is 1. The molecule has 0 aliphatic carbocycles. The van der Waals surface area contributed by atoms with Crippen LogP contribution in [0.2, 0.25) is 0 Å². The van der Waals surface area contributed by atoms with Crippen molar-refractivity contribution in [3.8, 4) is 11.5 Å². The van der Waals surface area contributed by atoms with Crippen molar-refractivity contribution in [2.45, 2.75) is 45.3 Å². The third-order valence-corrected chi connectivity index (χ3v) is 7.28. The van der Waals surface area contributed by atoms with Gasteiger partial charge in [0.05, 0.1) is 26.2 Å². The number of anilines is 1. The Kier molecular flexibility index (Phi) is 8.79. The first-order valence-electron chi connectivity index (χ1n) is 11.5. The van der Waals surface area contributed by atoms with Crippen LogP contribution in [0.4, 0.5) is 5.69 Å². The molecule has 0 unspecified atom stereocenters. The summed E-state index contributed by atoms with van der Waals surface area (Å²) in [5.41, 5.74) is 2.44. The molecule has 2 aromatic rings. The molecule has 0 radical (unpaired) electrons. The van der Waals surface area contributed by atoms with E-state index in [0.717, 1.165) is 35.8 Å². The van der Waals surface area contributed by atoms with Gasteiger partial charge in [0.25, 0.3) is 0 Å². The highest BCUT2D eigenvalue weighted by atomic mass is 32.2. The smallest absolute Gasteiger partial charge is 0.243 e. The van der Waals surface area contributed by atoms with Crippen LogP contribution in [-0.4, -0.2) is 58.8 Å². The molecular weight excluding hydrogens is 454 g/mol. The second-order valence-corrected chi connectivity index (χ2v) is 10.5. The fraction of sp³-hybridized carbons (Fsp3) is 0.480. The van der Waals surface area contributed by atoms with Gasteiger partial charge in [-0.05, 0) is 56.1 Å². The fourth-order valence-corrected chi connectivity index (χ4v) is 5.40. The number of amides is 1. The van der Waals surface area contributed by atoms with Crippen LogP contribution in [0.1, 0.15) is 37.3 Å². The van der Waals surface area contributed by atoms with Crippen LogP contribution in [-0.2, 0) is 27.9 Å². The van der Waals surface area contributed by atoms with Gasteiger partial charge in [-0.25, -0.2) is 8.42 Å². The van der Waals surface area contributed by atoms with E-state index in [2.05, 4.69) is 22.3 Å². The van der Waals surface area contributed by atoms with Gasteiger partial charge in [-0.1, -0.05) is 30.7 Å². The summed E-state index contributed by atoms with van der Waals surface area (Å²) in [6.07, 6.45) is 4.90. The van der Waals surface area contributed by atoms with Crippen LogP contribution in [0.3, 0.4) is 0 Å². The molecule has 2 aromatic carbocycles. The van der Waals surface area contributed by atoms with Gasteiger partial charge in [0.2, 0.25) is 15.9 Å². The average molecular weight is 490 g/mol. The Morgan fingerprint density at radius 3 is 2.26 bits per heavy atom. The van der Waals surface area contributed by atoms with Crippen molar-refractivity contribution < 1.29 is 22.7 Å². The Labute approximate surface area is 202 Å². The summed E-state index contributed by atoms with van der Waals surface area (Å²) < 4.78 is 37.0. The maximum Gasteiger partial charge on any atom is 0.243 e. The minimum Gasteiger partial charge on any atom is -0.497 e. The van der Waals surface area contributed by atoms with Crippen molar-refractivity contribution in [1.29, 1.82) is 0 Å². The van der Waals surface area contributed by atoms with Crippen molar-refractivity contribution in [3.63, 3.8) is 0 Å². The lowest BCUT2D eigenvalue weighted by molar-refractivity contribution is -0.122. The van der Waals surface area contributed by atoms with E-state index in [0.29, 0.717) is 18.0 Å². The molecular formula is C25H35N3O5S. The molecule has 1 heterocycles. The van der Waals surface area contributed by atoms with E-state index in [-0.39, 0.29) is 5.69 Å². The lowest BCUT2D eigenvalue weighted by Crippen LogP contribution is -2.47. The normalized spacial score (nSPS) is 15.4. The Morgan fingerprint density at radius 1 is 1.03 bits per heavy atom. The minimum atomic E-state index is -3.79. The second-order valence-electron chi connectivity index (χ2n) is 8.64. The number of piperidine rings is 1. The molecule has 1 fully saturated rings. The molecule has 9 heteroatoms. The number of nitrogens with one attached hydrogen (secondary N) is 1.